The Kier molecular flexibility index (Phi) is 4.99. The second-order valence-corrected chi connectivity index (χ2v) is 5.79. The third-order valence-corrected chi connectivity index (χ3v) is 4.24. The lowest BCUT2D eigenvalue weighted by atomic mass is 9.74. The van der Waals surface area contributed by atoms with Gasteiger partial charge in [0.15, 0.2) is 0 Å². The average Bonchev–Trinajstić information content (AvgIpc) is 2.49. The van der Waals surface area contributed by atoms with Gasteiger partial charge >= 0.3 is 0 Å². The van der Waals surface area contributed by atoms with Gasteiger partial charge < -0.3 is 10.8 Å². The molecule has 0 heterocycles. The first-order valence-corrected chi connectivity index (χ1v) is 7.21. The van der Waals surface area contributed by atoms with Crippen molar-refractivity contribution >= 4 is 11.6 Å². The Morgan fingerprint density at radius 3 is 2.52 bits per heavy atom. The molecule has 1 unspecified atom stereocenters. The molecule has 1 atom stereocenters. The Bertz CT molecular complexity index is 626. The van der Waals surface area contributed by atoms with Crippen molar-refractivity contribution in [2.24, 2.45) is 5.73 Å². The molecule has 0 amide bonds. The van der Waals surface area contributed by atoms with Crippen molar-refractivity contribution in [3.05, 3.63) is 70.0 Å². The highest BCUT2D eigenvalue weighted by Crippen LogP contribution is 2.30. The first-order chi connectivity index (χ1) is 10.0. The highest BCUT2D eigenvalue weighted by molar-refractivity contribution is 6.30. The third kappa shape index (κ3) is 3.26. The summed E-state index contributed by atoms with van der Waals surface area (Å²) in [7, 11) is 0. The van der Waals surface area contributed by atoms with Gasteiger partial charge in [0, 0.05) is 12.0 Å². The van der Waals surface area contributed by atoms with Gasteiger partial charge in [-0.1, -0.05) is 41.9 Å². The maximum absolute atomic E-state index is 13.6. The van der Waals surface area contributed by atoms with Crippen molar-refractivity contribution in [2.75, 3.05) is 13.2 Å². The van der Waals surface area contributed by atoms with Crippen molar-refractivity contribution in [3.63, 3.8) is 0 Å². The van der Waals surface area contributed by atoms with E-state index in [9.17, 15) is 9.50 Å². The lowest BCUT2D eigenvalue weighted by Crippen LogP contribution is -2.41. The van der Waals surface area contributed by atoms with Crippen LogP contribution >= 0.6 is 11.6 Å². The molecule has 0 radical (unpaired) electrons. The zero-order valence-electron chi connectivity index (χ0n) is 11.9. The Balaban J connectivity index is 2.43. The molecule has 0 aliphatic heterocycles. The summed E-state index contributed by atoms with van der Waals surface area (Å²) >= 11 is 5.71. The monoisotopic (exact) mass is 307 g/mol. The number of nitrogens with two attached hydrogens (primary N) is 1. The van der Waals surface area contributed by atoms with Gasteiger partial charge in [0.2, 0.25) is 0 Å². The molecule has 0 saturated heterocycles. The summed E-state index contributed by atoms with van der Waals surface area (Å²) in [5, 5.41) is 10.0. The van der Waals surface area contributed by atoms with E-state index in [-0.39, 0.29) is 18.2 Å². The van der Waals surface area contributed by atoms with Gasteiger partial charge in [-0.05, 0) is 42.2 Å². The van der Waals surface area contributed by atoms with Gasteiger partial charge in [-0.15, -0.1) is 0 Å². The summed E-state index contributed by atoms with van der Waals surface area (Å²) in [6, 6.07) is 12.5. The summed E-state index contributed by atoms with van der Waals surface area (Å²) in [5.41, 5.74) is 8.15. The van der Waals surface area contributed by atoms with Crippen LogP contribution in [0.1, 0.15) is 16.7 Å². The summed E-state index contributed by atoms with van der Waals surface area (Å²) < 4.78 is 13.6. The number of benzene rings is 2. The average molecular weight is 308 g/mol. The van der Waals surface area contributed by atoms with Gasteiger partial charge in [0.05, 0.1) is 11.6 Å². The molecule has 0 aromatic heterocycles. The van der Waals surface area contributed by atoms with Gasteiger partial charge in [0.25, 0.3) is 0 Å². The van der Waals surface area contributed by atoms with Crippen LogP contribution in [-0.2, 0) is 11.8 Å². The maximum atomic E-state index is 13.6. The van der Waals surface area contributed by atoms with E-state index in [1.54, 1.807) is 6.07 Å². The Labute approximate surface area is 129 Å². The fourth-order valence-electron chi connectivity index (χ4n) is 2.69. The quantitative estimate of drug-likeness (QED) is 0.891. The van der Waals surface area contributed by atoms with Crippen LogP contribution in [0.2, 0.25) is 5.02 Å². The molecule has 0 fully saturated rings. The van der Waals surface area contributed by atoms with Gasteiger partial charge in [-0.3, -0.25) is 0 Å². The minimum atomic E-state index is -0.619. The Hall–Kier alpha value is -1.42. The molecule has 2 nitrogen and oxygen atoms in total. The normalized spacial score (nSPS) is 14.0. The van der Waals surface area contributed by atoms with E-state index < -0.39 is 11.2 Å². The number of aliphatic hydroxyl groups is 1. The van der Waals surface area contributed by atoms with E-state index in [0.717, 1.165) is 16.7 Å². The highest BCUT2D eigenvalue weighted by atomic mass is 35.5. The molecule has 0 bridgehead atoms. The molecular weight excluding hydrogens is 289 g/mol. The van der Waals surface area contributed by atoms with E-state index in [1.165, 1.54) is 12.1 Å². The molecule has 112 valence electrons. The van der Waals surface area contributed by atoms with Crippen LogP contribution in [0.4, 0.5) is 4.39 Å². The molecule has 2 rings (SSSR count). The first kappa shape index (κ1) is 16.0. The van der Waals surface area contributed by atoms with Crippen LogP contribution in [0.15, 0.2) is 42.5 Å². The number of aryl methyl sites for hydroxylation is 1. The fraction of sp³-hybridized carbons (Fsp3) is 0.294. The van der Waals surface area contributed by atoms with Gasteiger partial charge in [-0.25, -0.2) is 4.39 Å². The highest BCUT2D eigenvalue weighted by Gasteiger charge is 2.32. The first-order valence-electron chi connectivity index (χ1n) is 6.83. The van der Waals surface area contributed by atoms with E-state index in [0.29, 0.717) is 6.42 Å². The SMILES string of the molecule is Cc1ccccc1C(CN)(CO)Cc1ccc(Cl)c(F)c1. The second kappa shape index (κ2) is 6.56. The van der Waals surface area contributed by atoms with Crippen LogP contribution in [0.3, 0.4) is 0 Å². The summed E-state index contributed by atoms with van der Waals surface area (Å²) in [5.74, 6) is -0.456. The smallest absolute Gasteiger partial charge is 0.142 e. The number of halogens is 2. The molecule has 0 aliphatic rings. The predicted octanol–water partition coefficient (Wildman–Crippen LogP) is 3.22. The molecule has 4 heteroatoms. The minimum Gasteiger partial charge on any atom is -0.395 e. The van der Waals surface area contributed by atoms with Gasteiger partial charge in [0.1, 0.15) is 5.82 Å². The second-order valence-electron chi connectivity index (χ2n) is 5.38. The molecule has 0 aliphatic carbocycles. The zero-order chi connectivity index (χ0) is 15.5. The lowest BCUT2D eigenvalue weighted by molar-refractivity contribution is 0.195. The van der Waals surface area contributed by atoms with Crippen LogP contribution < -0.4 is 5.73 Å². The van der Waals surface area contributed by atoms with Crippen LogP contribution in [0.25, 0.3) is 0 Å². The van der Waals surface area contributed by atoms with Crippen molar-refractivity contribution in [2.45, 2.75) is 18.8 Å². The van der Waals surface area contributed by atoms with Crippen molar-refractivity contribution in [1.82, 2.24) is 0 Å². The van der Waals surface area contributed by atoms with Crippen LogP contribution in [0.5, 0.6) is 0 Å². The minimum absolute atomic E-state index is 0.0944. The van der Waals surface area contributed by atoms with Crippen LogP contribution in [0, 0.1) is 12.7 Å². The van der Waals surface area contributed by atoms with Crippen LogP contribution in [-0.4, -0.2) is 18.3 Å². The lowest BCUT2D eigenvalue weighted by Gasteiger charge is -2.32. The van der Waals surface area contributed by atoms with E-state index in [1.807, 2.05) is 31.2 Å². The predicted molar refractivity (Wildman–Crippen MR) is 84.1 cm³/mol. The Morgan fingerprint density at radius 1 is 1.24 bits per heavy atom. The molecule has 2 aromatic rings. The largest absolute Gasteiger partial charge is 0.395 e. The molecular formula is C17H19ClFNO. The molecule has 21 heavy (non-hydrogen) atoms. The number of hydrogen-bond acceptors (Lipinski definition) is 2. The summed E-state index contributed by atoms with van der Waals surface area (Å²) in [4.78, 5) is 0. The summed E-state index contributed by atoms with van der Waals surface area (Å²) in [6.07, 6.45) is 0.457. The standard InChI is InChI=1S/C17H19ClFNO/c1-12-4-2-3-5-14(12)17(10-20,11-21)9-13-6-7-15(18)16(19)8-13/h2-8,21H,9-11,20H2,1H3. The number of hydrogen-bond donors (Lipinski definition) is 2. The molecule has 0 spiro atoms. The van der Waals surface area contributed by atoms with E-state index in [4.69, 9.17) is 17.3 Å². The zero-order valence-corrected chi connectivity index (χ0v) is 12.7. The third-order valence-electron chi connectivity index (χ3n) is 3.94. The molecule has 3 N–H and O–H groups in total. The van der Waals surface area contributed by atoms with E-state index in [2.05, 4.69) is 0 Å². The van der Waals surface area contributed by atoms with Crippen molar-refractivity contribution in [1.29, 1.82) is 0 Å². The van der Waals surface area contributed by atoms with E-state index >= 15 is 0 Å². The Morgan fingerprint density at radius 2 is 1.95 bits per heavy atom. The fourth-order valence-corrected chi connectivity index (χ4v) is 2.81. The van der Waals surface area contributed by atoms with Gasteiger partial charge in [-0.2, -0.15) is 0 Å². The number of aliphatic hydroxyl groups excluding tert-OH is 1. The topological polar surface area (TPSA) is 46.2 Å². The van der Waals surface area contributed by atoms with Crippen molar-refractivity contribution < 1.29 is 9.50 Å². The van der Waals surface area contributed by atoms with Crippen molar-refractivity contribution in [3.8, 4) is 0 Å². The molecule has 0 saturated carbocycles. The summed E-state index contributed by atoms with van der Waals surface area (Å²) in [6.45, 7) is 2.16. The number of rotatable bonds is 5. The molecule has 2 aromatic carbocycles. The maximum Gasteiger partial charge on any atom is 0.142 e.